The number of ether oxygens (including phenoxy) is 2. The molecule has 1 aromatic rings. The first kappa shape index (κ1) is 17.6. The fourth-order valence-electron chi connectivity index (χ4n) is 2.06. The van der Waals surface area contributed by atoms with Crippen LogP contribution >= 0.6 is 11.6 Å². The van der Waals surface area contributed by atoms with Gasteiger partial charge in [-0.15, -0.1) is 0 Å². The summed E-state index contributed by atoms with van der Waals surface area (Å²) in [7, 11) is 3.05. The van der Waals surface area contributed by atoms with Crippen molar-refractivity contribution in [2.75, 3.05) is 14.2 Å². The molecule has 0 amide bonds. The maximum atomic E-state index is 11.2. The summed E-state index contributed by atoms with van der Waals surface area (Å²) in [5.74, 6) is 0.445. The van der Waals surface area contributed by atoms with E-state index in [1.807, 2.05) is 13.8 Å². The average molecular weight is 316 g/mol. The predicted molar refractivity (Wildman–Crippen MR) is 82.3 cm³/mol. The normalized spacial score (nSPS) is 12.3. The number of carboxylic acid groups (broad SMARTS) is 1. The van der Waals surface area contributed by atoms with Crippen LogP contribution in [0.4, 0.5) is 0 Å². The minimum absolute atomic E-state index is 0.299. The fourth-order valence-corrected chi connectivity index (χ4v) is 2.37. The number of hydrogen-bond donors (Lipinski definition) is 2. The Kier molecular flexibility index (Phi) is 6.78. The van der Waals surface area contributed by atoms with Crippen molar-refractivity contribution in [3.05, 3.63) is 22.7 Å². The molecule has 0 bridgehead atoms. The average Bonchev–Trinajstić information content (AvgIpc) is 2.41. The SMILES string of the molecule is COc1cc(CNC(CC(C)C)C(=O)O)cc(Cl)c1OC. The van der Waals surface area contributed by atoms with Crippen LogP contribution < -0.4 is 14.8 Å². The molecule has 0 aromatic heterocycles. The van der Waals surface area contributed by atoms with Gasteiger partial charge < -0.3 is 19.9 Å². The smallest absolute Gasteiger partial charge is 0.320 e. The van der Waals surface area contributed by atoms with Crippen LogP contribution in [0.1, 0.15) is 25.8 Å². The first-order chi connectivity index (χ1) is 9.88. The lowest BCUT2D eigenvalue weighted by Gasteiger charge is -2.17. The molecule has 0 heterocycles. The number of carbonyl (C=O) groups is 1. The third kappa shape index (κ3) is 5.10. The van der Waals surface area contributed by atoms with Crippen molar-refractivity contribution >= 4 is 17.6 Å². The topological polar surface area (TPSA) is 67.8 Å². The molecule has 0 fully saturated rings. The van der Waals surface area contributed by atoms with Crippen LogP contribution in [0.5, 0.6) is 11.5 Å². The van der Waals surface area contributed by atoms with Crippen molar-refractivity contribution in [2.45, 2.75) is 32.9 Å². The molecule has 1 rings (SSSR count). The van der Waals surface area contributed by atoms with Crippen LogP contribution in [0.3, 0.4) is 0 Å². The van der Waals surface area contributed by atoms with Gasteiger partial charge in [0.25, 0.3) is 0 Å². The van der Waals surface area contributed by atoms with Gasteiger partial charge in [0, 0.05) is 6.54 Å². The number of carboxylic acids is 1. The summed E-state index contributed by atoms with van der Waals surface area (Å²) >= 11 is 6.13. The Morgan fingerprint density at radius 1 is 1.33 bits per heavy atom. The van der Waals surface area contributed by atoms with Crippen molar-refractivity contribution in [1.82, 2.24) is 5.32 Å². The van der Waals surface area contributed by atoms with E-state index >= 15 is 0 Å². The van der Waals surface area contributed by atoms with Gasteiger partial charge in [0.2, 0.25) is 0 Å². The molecule has 118 valence electrons. The van der Waals surface area contributed by atoms with Gasteiger partial charge in [-0.25, -0.2) is 0 Å². The number of nitrogens with one attached hydrogen (secondary N) is 1. The van der Waals surface area contributed by atoms with Crippen molar-refractivity contribution < 1.29 is 19.4 Å². The molecule has 0 radical (unpaired) electrons. The molecule has 0 saturated carbocycles. The zero-order valence-electron chi connectivity index (χ0n) is 12.8. The zero-order chi connectivity index (χ0) is 16.0. The number of benzene rings is 1. The van der Waals surface area contributed by atoms with Crippen molar-refractivity contribution in [3.8, 4) is 11.5 Å². The fraction of sp³-hybridized carbons (Fsp3) is 0.533. The second-order valence-corrected chi connectivity index (χ2v) is 5.62. The minimum atomic E-state index is -0.852. The van der Waals surface area contributed by atoms with E-state index in [-0.39, 0.29) is 0 Å². The van der Waals surface area contributed by atoms with Gasteiger partial charge in [0.15, 0.2) is 11.5 Å². The van der Waals surface area contributed by atoms with Crippen LogP contribution in [0.25, 0.3) is 0 Å². The van der Waals surface area contributed by atoms with Crippen molar-refractivity contribution in [1.29, 1.82) is 0 Å². The monoisotopic (exact) mass is 315 g/mol. The van der Waals surface area contributed by atoms with Crippen molar-refractivity contribution in [3.63, 3.8) is 0 Å². The number of aliphatic carboxylic acids is 1. The summed E-state index contributed by atoms with van der Waals surface area (Å²) in [6, 6.07) is 2.94. The van der Waals surface area contributed by atoms with E-state index in [2.05, 4.69) is 5.32 Å². The Morgan fingerprint density at radius 2 is 2.00 bits per heavy atom. The first-order valence-corrected chi connectivity index (χ1v) is 7.13. The van der Waals surface area contributed by atoms with Gasteiger partial charge in [0.1, 0.15) is 6.04 Å². The highest BCUT2D eigenvalue weighted by molar-refractivity contribution is 6.32. The largest absolute Gasteiger partial charge is 0.493 e. The number of hydrogen-bond acceptors (Lipinski definition) is 4. The Hall–Kier alpha value is -1.46. The first-order valence-electron chi connectivity index (χ1n) is 6.75. The molecule has 0 saturated heterocycles. The van der Waals surface area contributed by atoms with E-state index in [1.54, 1.807) is 12.1 Å². The number of rotatable bonds is 8. The van der Waals surface area contributed by atoms with Gasteiger partial charge in [0.05, 0.1) is 19.2 Å². The zero-order valence-corrected chi connectivity index (χ0v) is 13.5. The van der Waals surface area contributed by atoms with Gasteiger partial charge in [-0.1, -0.05) is 25.4 Å². The molecule has 2 N–H and O–H groups in total. The predicted octanol–water partition coefficient (Wildman–Crippen LogP) is 2.95. The Bertz CT molecular complexity index is 491. The van der Waals surface area contributed by atoms with Gasteiger partial charge in [-0.2, -0.15) is 0 Å². The maximum absolute atomic E-state index is 11.2. The Labute approximate surface area is 130 Å². The molecular weight excluding hydrogens is 294 g/mol. The molecular formula is C15H22ClNO4. The second-order valence-electron chi connectivity index (χ2n) is 5.21. The highest BCUT2D eigenvalue weighted by atomic mass is 35.5. The van der Waals surface area contributed by atoms with Crippen LogP contribution in [0, 0.1) is 5.92 Å². The van der Waals surface area contributed by atoms with E-state index in [4.69, 9.17) is 21.1 Å². The van der Waals surface area contributed by atoms with Gasteiger partial charge in [-0.05, 0) is 30.0 Å². The van der Waals surface area contributed by atoms with Crippen molar-refractivity contribution in [2.24, 2.45) is 5.92 Å². The lowest BCUT2D eigenvalue weighted by molar-refractivity contribution is -0.140. The summed E-state index contributed by atoms with van der Waals surface area (Å²) in [5.41, 5.74) is 0.840. The Balaban J connectivity index is 2.83. The molecule has 0 aliphatic heterocycles. The van der Waals surface area contributed by atoms with E-state index in [0.29, 0.717) is 35.4 Å². The molecule has 0 aliphatic rings. The standard InChI is InChI=1S/C15H22ClNO4/c1-9(2)5-12(15(18)19)17-8-10-6-11(16)14(21-4)13(7-10)20-3/h6-7,9,12,17H,5,8H2,1-4H3,(H,18,19). The van der Waals surface area contributed by atoms with Gasteiger partial charge >= 0.3 is 5.97 Å². The molecule has 0 spiro atoms. The summed E-state index contributed by atoms with van der Waals surface area (Å²) in [4.78, 5) is 11.2. The highest BCUT2D eigenvalue weighted by Crippen LogP contribution is 2.35. The van der Waals surface area contributed by atoms with E-state index in [0.717, 1.165) is 5.56 Å². The Morgan fingerprint density at radius 3 is 2.48 bits per heavy atom. The highest BCUT2D eigenvalue weighted by Gasteiger charge is 2.19. The van der Waals surface area contributed by atoms with Crippen LogP contribution in [-0.4, -0.2) is 31.3 Å². The van der Waals surface area contributed by atoms with Crippen LogP contribution in [0.2, 0.25) is 5.02 Å². The quantitative estimate of drug-likeness (QED) is 0.772. The molecule has 5 nitrogen and oxygen atoms in total. The van der Waals surface area contributed by atoms with E-state index in [9.17, 15) is 9.90 Å². The third-order valence-electron chi connectivity index (χ3n) is 3.05. The summed E-state index contributed by atoms with van der Waals surface area (Å²) in [5, 5.41) is 12.7. The van der Waals surface area contributed by atoms with E-state index < -0.39 is 12.0 Å². The summed E-state index contributed by atoms with van der Waals surface area (Å²) in [6.45, 7) is 4.37. The summed E-state index contributed by atoms with van der Waals surface area (Å²) < 4.78 is 10.4. The van der Waals surface area contributed by atoms with Crippen LogP contribution in [0.15, 0.2) is 12.1 Å². The molecule has 1 unspecified atom stereocenters. The van der Waals surface area contributed by atoms with Crippen LogP contribution in [-0.2, 0) is 11.3 Å². The minimum Gasteiger partial charge on any atom is -0.493 e. The molecule has 21 heavy (non-hydrogen) atoms. The van der Waals surface area contributed by atoms with E-state index in [1.165, 1.54) is 14.2 Å². The molecule has 1 atom stereocenters. The summed E-state index contributed by atoms with van der Waals surface area (Å²) in [6.07, 6.45) is 0.566. The number of halogens is 1. The molecule has 6 heteroatoms. The molecule has 0 aliphatic carbocycles. The van der Waals surface area contributed by atoms with Gasteiger partial charge in [-0.3, -0.25) is 4.79 Å². The third-order valence-corrected chi connectivity index (χ3v) is 3.33. The lowest BCUT2D eigenvalue weighted by atomic mass is 10.0. The maximum Gasteiger partial charge on any atom is 0.320 e. The lowest BCUT2D eigenvalue weighted by Crippen LogP contribution is -2.37. The second kappa shape index (κ2) is 8.10. The molecule has 1 aromatic carbocycles. The number of methoxy groups -OCH3 is 2.